The van der Waals surface area contributed by atoms with Crippen LogP contribution in [-0.4, -0.2) is 44.9 Å². The Kier molecular flexibility index (Phi) is 18.4. The smallest absolute Gasteiger partial charge is 0.0972 e. The fourth-order valence-electron chi connectivity index (χ4n) is 17.7. The summed E-state index contributed by atoms with van der Waals surface area (Å²) in [7, 11) is 0. The highest BCUT2D eigenvalue weighted by Crippen LogP contribution is 2.44. The van der Waals surface area contributed by atoms with Crippen LogP contribution in [0, 0.1) is 0 Å². The van der Waals surface area contributed by atoms with Crippen molar-refractivity contribution in [3.8, 4) is 79.1 Å². The molecule has 0 aliphatic heterocycles. The van der Waals surface area contributed by atoms with Crippen LogP contribution in [0.1, 0.15) is 0 Å². The number of rotatable bonds is 7. The van der Waals surface area contributed by atoms with Gasteiger partial charge in [-0.15, -0.1) is 0 Å². The maximum atomic E-state index is 5.21. The lowest BCUT2D eigenvalue weighted by molar-refractivity contribution is 1.24. The van der Waals surface area contributed by atoms with E-state index in [9.17, 15) is 0 Å². The molecule has 0 saturated heterocycles. The number of nitrogens with zero attached hydrogens (tertiary/aromatic N) is 9. The number of pyridine rings is 9. The van der Waals surface area contributed by atoms with Crippen molar-refractivity contribution in [1.29, 1.82) is 0 Å². The highest BCUT2D eigenvalue weighted by molar-refractivity contribution is 6.26. The van der Waals surface area contributed by atoms with Crippen molar-refractivity contribution < 1.29 is 0 Å². The summed E-state index contributed by atoms with van der Waals surface area (Å²) in [6.07, 6.45) is 9.12. The normalized spacial score (nSPS) is 11.4. The molecule has 0 atom stereocenters. The van der Waals surface area contributed by atoms with E-state index in [2.05, 4.69) is 335 Å². The number of hydrogen-bond donors (Lipinski definition) is 0. The summed E-state index contributed by atoms with van der Waals surface area (Å²) in [5, 5.41) is 29.4. The summed E-state index contributed by atoms with van der Waals surface area (Å²) in [6, 6.07) is 140. The highest BCUT2D eigenvalue weighted by Gasteiger charge is 2.20. The van der Waals surface area contributed by atoms with Crippen molar-refractivity contribution in [2.75, 3.05) is 0 Å². The SMILES string of the molecule is c1cc(-c2ccc3ccc4ccccc4c3c2)cc(-c2nc3ccccc3c3c2ccc2ccccc23)c1.c1ccc(-c2cc(-c3nc4ccccc4c4c3ccc3ccccc34)ccn2)nc1.c1ccc(-c2ccc(-c3nc4ccccc4c4c3ccc3ccccc34)nc2)nc1.c1ccc(-c2nc3ccccc3c3c2ccc2ccccc23)nc1. The molecule has 9 aromatic heterocycles. The van der Waals surface area contributed by atoms with Gasteiger partial charge in [0.1, 0.15) is 0 Å². The Morgan fingerprint density at radius 3 is 0.902 bits per heavy atom. The number of para-hydroxylation sites is 4. The van der Waals surface area contributed by atoms with Gasteiger partial charge in [0.25, 0.3) is 0 Å². The van der Waals surface area contributed by atoms with E-state index >= 15 is 0 Å². The van der Waals surface area contributed by atoms with Gasteiger partial charge in [0, 0.05) is 112 Å². The zero-order valence-corrected chi connectivity index (χ0v) is 66.0. The minimum Gasteiger partial charge on any atom is -0.256 e. The van der Waals surface area contributed by atoms with Crippen LogP contribution in [0.3, 0.4) is 0 Å². The second-order valence-corrected chi connectivity index (χ2v) is 30.6. The van der Waals surface area contributed by atoms with Crippen molar-refractivity contribution in [3.63, 3.8) is 0 Å². The largest absolute Gasteiger partial charge is 0.256 e. The summed E-state index contributed by atoms with van der Waals surface area (Å²) in [6.45, 7) is 0. The van der Waals surface area contributed by atoms with Crippen LogP contribution in [-0.2, 0) is 0 Å². The van der Waals surface area contributed by atoms with Crippen molar-refractivity contribution in [2.24, 2.45) is 0 Å². The molecule has 0 spiro atoms. The van der Waals surface area contributed by atoms with Crippen LogP contribution in [0.5, 0.6) is 0 Å². The van der Waals surface area contributed by atoms with Gasteiger partial charge in [0.05, 0.1) is 73.3 Å². The molecule has 16 aromatic carbocycles. The predicted molar refractivity (Wildman–Crippen MR) is 509 cm³/mol. The number of aromatic nitrogens is 9. The van der Waals surface area contributed by atoms with E-state index in [1.165, 1.54) is 119 Å². The molecule has 122 heavy (non-hydrogen) atoms. The molecule has 9 nitrogen and oxygen atoms in total. The van der Waals surface area contributed by atoms with Crippen molar-refractivity contribution in [3.05, 3.63) is 431 Å². The van der Waals surface area contributed by atoms with E-state index in [1.54, 1.807) is 12.4 Å². The quantitative estimate of drug-likeness (QED) is 0.144. The summed E-state index contributed by atoms with van der Waals surface area (Å²) in [5.41, 5.74) is 17.8. The summed E-state index contributed by atoms with van der Waals surface area (Å²) >= 11 is 0. The number of hydrogen-bond acceptors (Lipinski definition) is 9. The van der Waals surface area contributed by atoms with Gasteiger partial charge in [-0.05, 0) is 173 Å². The first kappa shape index (κ1) is 72.0. The van der Waals surface area contributed by atoms with E-state index in [0.29, 0.717) is 0 Å². The molecule has 0 aliphatic carbocycles. The van der Waals surface area contributed by atoms with Gasteiger partial charge in [-0.3, -0.25) is 24.9 Å². The Balaban J connectivity index is 0.0000000984. The van der Waals surface area contributed by atoms with E-state index < -0.39 is 0 Å². The first-order valence-electron chi connectivity index (χ1n) is 41.0. The van der Waals surface area contributed by atoms with Crippen LogP contribution in [0.2, 0.25) is 0 Å². The molecule has 568 valence electrons. The van der Waals surface area contributed by atoms with Crippen LogP contribution in [0.4, 0.5) is 0 Å². The van der Waals surface area contributed by atoms with Gasteiger partial charge in [-0.1, -0.05) is 303 Å². The first-order valence-corrected chi connectivity index (χ1v) is 41.0. The van der Waals surface area contributed by atoms with Gasteiger partial charge in [0.2, 0.25) is 0 Å². The van der Waals surface area contributed by atoms with Gasteiger partial charge in [-0.2, -0.15) is 0 Å². The molecule has 25 aromatic rings. The molecule has 0 amide bonds. The van der Waals surface area contributed by atoms with Crippen LogP contribution < -0.4 is 0 Å². The fourth-order valence-corrected chi connectivity index (χ4v) is 17.7. The standard InChI is InChI=1S/C37H23N.2C27H17N3.C22H14N2/c1-3-12-30-24(8-1)16-17-26-18-19-28(23-34(26)30)27-10-7-11-29(22-27)37-33-21-20-25-9-2-4-13-31(25)36(33)32-14-5-6-15-35(32)38-37;1-2-8-20-18(7-1)12-14-22-26(20)21-9-3-4-11-24(21)30-27(22)25-15-13-19(17-29-25)23-10-5-6-16-28-23;1-2-8-20-18(7-1)12-13-22-26(20)21-9-3-4-10-23(21)30-27(22)19-14-16-29-25(17-19)24-11-5-6-15-28-24;1-2-8-16-15(7-1)12-13-18-21(16)17-9-3-4-10-19(17)24-22(18)20-11-5-6-14-23-20/h1-23H;2*1-17H;1-14H. The maximum absolute atomic E-state index is 5.21. The molecule has 0 N–H and O–H groups in total. The Morgan fingerprint density at radius 2 is 0.459 bits per heavy atom. The van der Waals surface area contributed by atoms with Gasteiger partial charge >= 0.3 is 0 Å². The molecule has 25 rings (SSSR count). The third kappa shape index (κ3) is 13.3. The van der Waals surface area contributed by atoms with Gasteiger partial charge in [0.15, 0.2) is 0 Å². The maximum Gasteiger partial charge on any atom is 0.0972 e. The monoisotopic (exact) mass is 1550 g/mol. The van der Waals surface area contributed by atoms with E-state index in [4.69, 9.17) is 24.9 Å². The summed E-state index contributed by atoms with van der Waals surface area (Å²) in [5.74, 6) is 0. The highest BCUT2D eigenvalue weighted by atomic mass is 14.8. The molecule has 0 aliphatic rings. The summed E-state index contributed by atoms with van der Waals surface area (Å²) in [4.78, 5) is 42.9. The molecular weight excluding hydrogens is 1480 g/mol. The summed E-state index contributed by atoms with van der Waals surface area (Å²) < 4.78 is 0. The Hall–Kier alpha value is -16.5. The van der Waals surface area contributed by atoms with Crippen LogP contribution in [0.25, 0.3) is 230 Å². The molecule has 9 heterocycles. The molecule has 0 unspecified atom stereocenters. The minimum absolute atomic E-state index is 0.844. The molecule has 0 fully saturated rings. The zero-order valence-electron chi connectivity index (χ0n) is 66.0. The minimum atomic E-state index is 0.844. The van der Waals surface area contributed by atoms with E-state index in [-0.39, 0.29) is 0 Å². The van der Waals surface area contributed by atoms with E-state index in [0.717, 1.165) is 112 Å². The molecule has 0 saturated carbocycles. The molecule has 0 bridgehead atoms. The van der Waals surface area contributed by atoms with Crippen molar-refractivity contribution in [1.82, 2.24) is 44.9 Å². The number of fused-ring (bicyclic) bond motifs is 23. The molecular formula is C113H71N9. The molecule has 0 radical (unpaired) electrons. The fraction of sp³-hybridized carbons (Fsp3) is 0. The predicted octanol–water partition coefficient (Wildman–Crippen LogP) is 29.1. The van der Waals surface area contributed by atoms with Gasteiger partial charge < -0.3 is 0 Å². The third-order valence-electron chi connectivity index (χ3n) is 23.4. The average Bonchev–Trinajstić information content (AvgIpc) is 0.757. The van der Waals surface area contributed by atoms with Crippen LogP contribution in [0.15, 0.2) is 431 Å². The van der Waals surface area contributed by atoms with Crippen LogP contribution >= 0.6 is 0 Å². The van der Waals surface area contributed by atoms with Gasteiger partial charge in [-0.25, -0.2) is 19.9 Å². The van der Waals surface area contributed by atoms with Crippen molar-refractivity contribution >= 4 is 151 Å². The lowest BCUT2D eigenvalue weighted by Gasteiger charge is -2.14. The van der Waals surface area contributed by atoms with E-state index in [1.807, 2.05) is 104 Å². The Labute approximate surface area is 702 Å². The first-order chi connectivity index (χ1) is 60.5. The topological polar surface area (TPSA) is 116 Å². The molecule has 9 heteroatoms. The van der Waals surface area contributed by atoms with Crippen molar-refractivity contribution in [2.45, 2.75) is 0 Å². The lowest BCUT2D eigenvalue weighted by atomic mass is 9.93. The Bertz CT molecular complexity index is 8330. The Morgan fingerprint density at radius 1 is 0.139 bits per heavy atom. The third-order valence-corrected chi connectivity index (χ3v) is 23.4. The number of benzene rings is 16. The average molecular weight is 1550 g/mol. The second kappa shape index (κ2) is 31.2. The second-order valence-electron chi connectivity index (χ2n) is 30.6. The zero-order chi connectivity index (χ0) is 80.8. The lowest BCUT2D eigenvalue weighted by Crippen LogP contribution is -1.93.